The molecule has 0 bridgehead atoms. The van der Waals surface area contributed by atoms with E-state index in [1.807, 2.05) is 0 Å². The first-order valence-electron chi connectivity index (χ1n) is 6.37. The van der Waals surface area contributed by atoms with E-state index < -0.39 is 17.7 Å². The van der Waals surface area contributed by atoms with Crippen LogP contribution < -0.4 is 4.74 Å². The van der Waals surface area contributed by atoms with E-state index in [2.05, 4.69) is 0 Å². The minimum atomic E-state index is -0.900. The Hall–Kier alpha value is -2.11. The molecule has 1 saturated heterocycles. The van der Waals surface area contributed by atoms with E-state index in [1.54, 1.807) is 13.0 Å². The van der Waals surface area contributed by atoms with E-state index >= 15 is 0 Å². The van der Waals surface area contributed by atoms with Gasteiger partial charge in [0.05, 0.1) is 5.92 Å². The van der Waals surface area contributed by atoms with Gasteiger partial charge in [0.1, 0.15) is 0 Å². The molecule has 2 unspecified atom stereocenters. The van der Waals surface area contributed by atoms with Crippen LogP contribution in [-0.4, -0.2) is 41.6 Å². The molecule has 108 valence electrons. The quantitative estimate of drug-likeness (QED) is 0.905. The number of carbonyl (C=O) groups excluding carboxylic acids is 1. The van der Waals surface area contributed by atoms with Crippen LogP contribution in [0.4, 0.5) is 4.39 Å². The molecule has 2 atom stereocenters. The molecule has 6 heteroatoms. The molecule has 2 rings (SSSR count). The second-order valence-electron chi connectivity index (χ2n) is 4.94. The number of likely N-dealkylation sites (tertiary alicyclic amines) is 1. The standard InChI is InChI=1S/C14H16FNO4/c1-9-6-16(7-10(9)14(18)19)13(17)8-20-12-5-3-2-4-11(12)15/h2-5,9-10H,6-8H2,1H3,(H,18,19). The molecular weight excluding hydrogens is 265 g/mol. The fraction of sp³-hybridized carbons (Fsp3) is 0.429. The molecular formula is C14H16FNO4. The van der Waals surface area contributed by atoms with E-state index in [9.17, 15) is 14.0 Å². The van der Waals surface area contributed by atoms with Crippen molar-refractivity contribution < 1.29 is 23.8 Å². The van der Waals surface area contributed by atoms with E-state index in [0.717, 1.165) is 0 Å². The summed E-state index contributed by atoms with van der Waals surface area (Å²) in [6, 6.07) is 5.83. The largest absolute Gasteiger partial charge is 0.481 e. The molecule has 0 aliphatic carbocycles. The number of aliphatic carboxylic acids is 1. The number of benzene rings is 1. The molecule has 5 nitrogen and oxygen atoms in total. The van der Waals surface area contributed by atoms with Gasteiger partial charge in [-0.2, -0.15) is 0 Å². The Morgan fingerprint density at radius 2 is 2.10 bits per heavy atom. The number of ether oxygens (including phenoxy) is 1. The topological polar surface area (TPSA) is 66.8 Å². The van der Waals surface area contributed by atoms with E-state index in [1.165, 1.54) is 23.1 Å². The molecule has 1 N–H and O–H groups in total. The molecule has 0 radical (unpaired) electrons. The number of carboxylic acids is 1. The van der Waals surface area contributed by atoms with E-state index in [0.29, 0.717) is 6.54 Å². The van der Waals surface area contributed by atoms with Crippen molar-refractivity contribution in [2.24, 2.45) is 11.8 Å². The summed E-state index contributed by atoms with van der Waals surface area (Å²) < 4.78 is 18.4. The lowest BCUT2D eigenvalue weighted by Gasteiger charge is -2.16. The highest BCUT2D eigenvalue weighted by atomic mass is 19.1. The van der Waals surface area contributed by atoms with Crippen molar-refractivity contribution >= 4 is 11.9 Å². The normalized spacial score (nSPS) is 21.8. The van der Waals surface area contributed by atoms with Crippen molar-refractivity contribution in [2.45, 2.75) is 6.92 Å². The maximum absolute atomic E-state index is 13.3. The zero-order chi connectivity index (χ0) is 14.7. The smallest absolute Gasteiger partial charge is 0.308 e. The summed E-state index contributed by atoms with van der Waals surface area (Å²) >= 11 is 0. The predicted molar refractivity (Wildman–Crippen MR) is 68.8 cm³/mol. The third-order valence-electron chi connectivity index (χ3n) is 3.47. The Labute approximate surface area is 116 Å². The molecule has 1 aromatic rings. The molecule has 1 fully saturated rings. The first-order chi connectivity index (χ1) is 9.49. The number of hydrogen-bond acceptors (Lipinski definition) is 3. The molecule has 1 aromatic carbocycles. The van der Waals surface area contributed by atoms with Gasteiger partial charge in [-0.3, -0.25) is 9.59 Å². The van der Waals surface area contributed by atoms with Crippen LogP contribution in [-0.2, 0) is 9.59 Å². The van der Waals surface area contributed by atoms with Crippen LogP contribution in [0.3, 0.4) is 0 Å². The molecule has 0 spiro atoms. The van der Waals surface area contributed by atoms with Gasteiger partial charge in [0.15, 0.2) is 18.2 Å². The van der Waals surface area contributed by atoms with Gasteiger partial charge >= 0.3 is 5.97 Å². The van der Waals surface area contributed by atoms with Crippen LogP contribution in [0.15, 0.2) is 24.3 Å². The summed E-state index contributed by atoms with van der Waals surface area (Å²) in [6.07, 6.45) is 0. The van der Waals surface area contributed by atoms with E-state index in [4.69, 9.17) is 9.84 Å². The fourth-order valence-electron chi connectivity index (χ4n) is 2.28. The lowest BCUT2D eigenvalue weighted by Crippen LogP contribution is -2.34. The summed E-state index contributed by atoms with van der Waals surface area (Å²) in [6.45, 7) is 2.07. The number of amides is 1. The number of para-hydroxylation sites is 1. The number of carbonyl (C=O) groups is 2. The second-order valence-corrected chi connectivity index (χ2v) is 4.94. The average molecular weight is 281 g/mol. The van der Waals surface area contributed by atoms with Crippen molar-refractivity contribution in [3.63, 3.8) is 0 Å². The van der Waals surface area contributed by atoms with Crippen molar-refractivity contribution in [3.05, 3.63) is 30.1 Å². The molecule has 1 aliphatic heterocycles. The molecule has 0 saturated carbocycles. The monoisotopic (exact) mass is 281 g/mol. The SMILES string of the molecule is CC1CN(C(=O)COc2ccccc2F)CC1C(=O)O. The zero-order valence-electron chi connectivity index (χ0n) is 11.1. The van der Waals surface area contributed by atoms with Crippen LogP contribution in [0, 0.1) is 17.7 Å². The Kier molecular flexibility index (Phi) is 4.22. The van der Waals surface area contributed by atoms with Gasteiger partial charge in [-0.05, 0) is 18.1 Å². The van der Waals surface area contributed by atoms with E-state index in [-0.39, 0.29) is 30.7 Å². The summed E-state index contributed by atoms with van der Waals surface area (Å²) in [4.78, 5) is 24.4. The third-order valence-corrected chi connectivity index (χ3v) is 3.47. The minimum Gasteiger partial charge on any atom is -0.481 e. The van der Waals surface area contributed by atoms with Crippen molar-refractivity contribution in [3.8, 4) is 5.75 Å². The summed E-state index contributed by atoms with van der Waals surface area (Å²) in [5.74, 6) is -2.38. The van der Waals surface area contributed by atoms with Gasteiger partial charge in [0, 0.05) is 13.1 Å². The Morgan fingerprint density at radius 3 is 2.70 bits per heavy atom. The number of halogens is 1. The van der Waals surface area contributed by atoms with Gasteiger partial charge in [0.2, 0.25) is 0 Å². The van der Waals surface area contributed by atoms with Crippen LogP contribution in [0.2, 0.25) is 0 Å². The molecule has 1 aliphatic rings. The number of carboxylic acid groups (broad SMARTS) is 1. The first kappa shape index (κ1) is 14.3. The number of hydrogen-bond donors (Lipinski definition) is 1. The van der Waals surface area contributed by atoms with Gasteiger partial charge in [-0.15, -0.1) is 0 Å². The lowest BCUT2D eigenvalue weighted by atomic mass is 9.99. The average Bonchev–Trinajstić information content (AvgIpc) is 2.80. The highest BCUT2D eigenvalue weighted by Crippen LogP contribution is 2.23. The summed E-state index contributed by atoms with van der Waals surface area (Å²) in [7, 11) is 0. The highest BCUT2D eigenvalue weighted by Gasteiger charge is 2.36. The van der Waals surface area contributed by atoms with Crippen LogP contribution in [0.5, 0.6) is 5.75 Å². The second kappa shape index (κ2) is 5.90. The maximum atomic E-state index is 13.3. The van der Waals surface area contributed by atoms with Gasteiger partial charge in [0.25, 0.3) is 5.91 Å². The third kappa shape index (κ3) is 3.07. The Morgan fingerprint density at radius 1 is 1.40 bits per heavy atom. The summed E-state index contributed by atoms with van der Waals surface area (Å²) in [5, 5.41) is 9.01. The van der Waals surface area contributed by atoms with Crippen molar-refractivity contribution in [1.82, 2.24) is 4.90 Å². The Balaban J connectivity index is 1.90. The summed E-state index contributed by atoms with van der Waals surface area (Å²) in [5.41, 5.74) is 0. The molecule has 1 heterocycles. The number of rotatable bonds is 4. The van der Waals surface area contributed by atoms with Crippen molar-refractivity contribution in [2.75, 3.05) is 19.7 Å². The molecule has 1 amide bonds. The van der Waals surface area contributed by atoms with Crippen molar-refractivity contribution in [1.29, 1.82) is 0 Å². The number of nitrogens with zero attached hydrogens (tertiary/aromatic N) is 1. The maximum Gasteiger partial charge on any atom is 0.308 e. The van der Waals surface area contributed by atoms with Gasteiger partial charge < -0.3 is 14.7 Å². The first-order valence-corrected chi connectivity index (χ1v) is 6.37. The molecule has 0 aromatic heterocycles. The lowest BCUT2D eigenvalue weighted by molar-refractivity contribution is -0.142. The minimum absolute atomic E-state index is 0.0166. The molecule has 20 heavy (non-hydrogen) atoms. The fourth-order valence-corrected chi connectivity index (χ4v) is 2.28. The highest BCUT2D eigenvalue weighted by molar-refractivity contribution is 5.80. The van der Waals surface area contributed by atoms with Crippen LogP contribution in [0.1, 0.15) is 6.92 Å². The Bertz CT molecular complexity index is 520. The van der Waals surface area contributed by atoms with Gasteiger partial charge in [-0.1, -0.05) is 19.1 Å². The predicted octanol–water partition coefficient (Wildman–Crippen LogP) is 1.38. The van der Waals surface area contributed by atoms with Crippen LogP contribution in [0.25, 0.3) is 0 Å². The van der Waals surface area contributed by atoms with Crippen LogP contribution >= 0.6 is 0 Å². The van der Waals surface area contributed by atoms with Gasteiger partial charge in [-0.25, -0.2) is 4.39 Å². The zero-order valence-corrected chi connectivity index (χ0v) is 11.1.